The molecule has 0 aromatic carbocycles. The average Bonchev–Trinajstić information content (AvgIpc) is 3.09. The molecule has 0 radical (unpaired) electrons. The SMILES string of the molecule is CC1=CC(c2[nH]c(C3C=CC=CC3)nc2C2=CCCC=C2)CC=C1. The van der Waals surface area contributed by atoms with E-state index in [0.717, 1.165) is 37.2 Å². The third kappa shape index (κ3) is 3.01. The van der Waals surface area contributed by atoms with Crippen LogP contribution in [0.15, 0.2) is 66.3 Å². The van der Waals surface area contributed by atoms with E-state index in [2.05, 4.69) is 72.7 Å². The lowest BCUT2D eigenvalue weighted by Crippen LogP contribution is -2.03. The van der Waals surface area contributed by atoms with Crippen LogP contribution in [-0.2, 0) is 0 Å². The van der Waals surface area contributed by atoms with Gasteiger partial charge in [-0.1, -0.05) is 66.3 Å². The molecular weight excluding hydrogens is 292 g/mol. The molecule has 122 valence electrons. The van der Waals surface area contributed by atoms with E-state index in [4.69, 9.17) is 4.98 Å². The van der Waals surface area contributed by atoms with Gasteiger partial charge in [0.25, 0.3) is 0 Å². The Hall–Kier alpha value is -2.35. The lowest BCUT2D eigenvalue weighted by Gasteiger charge is -2.16. The second-order valence-corrected chi connectivity index (χ2v) is 6.83. The number of aromatic nitrogens is 2. The first-order valence-electron chi connectivity index (χ1n) is 8.96. The van der Waals surface area contributed by atoms with Crippen molar-refractivity contribution in [3.8, 4) is 0 Å². The Morgan fingerprint density at radius 3 is 2.67 bits per heavy atom. The quantitative estimate of drug-likeness (QED) is 0.757. The van der Waals surface area contributed by atoms with Crippen LogP contribution in [-0.4, -0.2) is 9.97 Å². The molecule has 0 saturated heterocycles. The summed E-state index contributed by atoms with van der Waals surface area (Å²) < 4.78 is 0. The van der Waals surface area contributed by atoms with Crippen LogP contribution in [0.1, 0.15) is 61.7 Å². The van der Waals surface area contributed by atoms with Gasteiger partial charge in [-0.25, -0.2) is 4.98 Å². The van der Waals surface area contributed by atoms with Gasteiger partial charge in [0.05, 0.1) is 11.4 Å². The van der Waals surface area contributed by atoms with E-state index in [-0.39, 0.29) is 0 Å². The van der Waals surface area contributed by atoms with Crippen molar-refractivity contribution < 1.29 is 0 Å². The van der Waals surface area contributed by atoms with Crippen LogP contribution in [0.5, 0.6) is 0 Å². The number of hydrogen-bond donors (Lipinski definition) is 1. The molecule has 1 heterocycles. The van der Waals surface area contributed by atoms with Gasteiger partial charge in [-0.15, -0.1) is 0 Å². The number of aromatic amines is 1. The highest BCUT2D eigenvalue weighted by atomic mass is 14.9. The van der Waals surface area contributed by atoms with Crippen molar-refractivity contribution in [1.29, 1.82) is 0 Å². The van der Waals surface area contributed by atoms with Crippen molar-refractivity contribution in [2.24, 2.45) is 0 Å². The highest BCUT2D eigenvalue weighted by Gasteiger charge is 2.23. The van der Waals surface area contributed by atoms with Crippen LogP contribution in [0.4, 0.5) is 0 Å². The first-order chi connectivity index (χ1) is 11.8. The Kier molecular flexibility index (Phi) is 4.20. The second kappa shape index (κ2) is 6.64. The van der Waals surface area contributed by atoms with Gasteiger partial charge in [-0.05, 0) is 38.2 Å². The van der Waals surface area contributed by atoms with Gasteiger partial charge in [-0.3, -0.25) is 0 Å². The van der Waals surface area contributed by atoms with E-state index in [1.165, 1.54) is 16.8 Å². The Labute approximate surface area is 144 Å². The van der Waals surface area contributed by atoms with Crippen LogP contribution < -0.4 is 0 Å². The molecule has 0 aliphatic heterocycles. The molecule has 3 aliphatic carbocycles. The predicted molar refractivity (Wildman–Crippen MR) is 101 cm³/mol. The van der Waals surface area contributed by atoms with Crippen LogP contribution in [0.3, 0.4) is 0 Å². The maximum absolute atomic E-state index is 5.04. The van der Waals surface area contributed by atoms with Crippen molar-refractivity contribution in [2.45, 2.75) is 44.4 Å². The molecule has 0 bridgehead atoms. The molecule has 2 heteroatoms. The zero-order chi connectivity index (χ0) is 16.4. The molecular formula is C22H24N2. The largest absolute Gasteiger partial charge is 0.344 e. The number of imidazole rings is 1. The Morgan fingerprint density at radius 2 is 1.92 bits per heavy atom. The predicted octanol–water partition coefficient (Wildman–Crippen LogP) is 5.73. The van der Waals surface area contributed by atoms with Gasteiger partial charge >= 0.3 is 0 Å². The molecule has 0 saturated carbocycles. The fourth-order valence-electron chi connectivity index (χ4n) is 3.68. The van der Waals surface area contributed by atoms with Crippen LogP contribution in [0.25, 0.3) is 5.57 Å². The third-order valence-electron chi connectivity index (χ3n) is 4.96. The van der Waals surface area contributed by atoms with Crippen LogP contribution in [0.2, 0.25) is 0 Å². The lowest BCUT2D eigenvalue weighted by molar-refractivity contribution is 0.766. The third-order valence-corrected chi connectivity index (χ3v) is 4.96. The first-order valence-corrected chi connectivity index (χ1v) is 8.96. The van der Waals surface area contributed by atoms with E-state index >= 15 is 0 Å². The number of nitrogens with one attached hydrogen (secondary N) is 1. The standard InChI is InChI=1S/C22H24N2/c1-16-9-8-14-19(15-16)21-20(17-10-4-2-5-11-17)23-22(24-21)18-12-6-3-7-13-18/h3-4,6-12,15,18-19H,2,5,13-14H2,1H3,(H,23,24). The monoisotopic (exact) mass is 316 g/mol. The Balaban J connectivity index is 1.75. The van der Waals surface area contributed by atoms with Gasteiger partial charge in [0, 0.05) is 11.8 Å². The molecule has 0 fully saturated rings. The van der Waals surface area contributed by atoms with Crippen molar-refractivity contribution >= 4 is 5.57 Å². The highest BCUT2D eigenvalue weighted by molar-refractivity contribution is 5.74. The van der Waals surface area contributed by atoms with Crippen molar-refractivity contribution in [2.75, 3.05) is 0 Å². The minimum Gasteiger partial charge on any atom is -0.344 e. The summed E-state index contributed by atoms with van der Waals surface area (Å²) in [6.45, 7) is 2.17. The minimum absolute atomic E-state index is 0.361. The smallest absolute Gasteiger partial charge is 0.114 e. The van der Waals surface area contributed by atoms with Crippen molar-refractivity contribution in [3.05, 3.63) is 83.5 Å². The number of H-pyrrole nitrogens is 1. The lowest BCUT2D eigenvalue weighted by atomic mass is 9.90. The normalized spacial score (nSPS) is 25.7. The van der Waals surface area contributed by atoms with Gasteiger partial charge in [-0.2, -0.15) is 0 Å². The molecule has 3 aliphatic rings. The van der Waals surface area contributed by atoms with E-state index in [1.54, 1.807) is 0 Å². The summed E-state index contributed by atoms with van der Waals surface area (Å²) in [5, 5.41) is 0. The Morgan fingerprint density at radius 1 is 1.00 bits per heavy atom. The van der Waals surface area contributed by atoms with Crippen molar-refractivity contribution in [3.63, 3.8) is 0 Å². The fraction of sp³-hybridized carbons (Fsp3) is 0.318. The molecule has 2 nitrogen and oxygen atoms in total. The summed E-state index contributed by atoms with van der Waals surface area (Å²) >= 11 is 0. The van der Waals surface area contributed by atoms with E-state index in [9.17, 15) is 0 Å². The summed E-state index contributed by atoms with van der Waals surface area (Å²) in [6.07, 6.45) is 26.7. The number of nitrogens with zero attached hydrogens (tertiary/aromatic N) is 1. The summed E-state index contributed by atoms with van der Waals surface area (Å²) in [7, 11) is 0. The van der Waals surface area contributed by atoms with Gasteiger partial charge in [0.1, 0.15) is 5.82 Å². The summed E-state index contributed by atoms with van der Waals surface area (Å²) in [6, 6.07) is 0. The minimum atomic E-state index is 0.361. The van der Waals surface area contributed by atoms with E-state index < -0.39 is 0 Å². The topological polar surface area (TPSA) is 28.7 Å². The molecule has 4 rings (SSSR count). The highest BCUT2D eigenvalue weighted by Crippen LogP contribution is 2.35. The molecule has 1 aromatic heterocycles. The second-order valence-electron chi connectivity index (χ2n) is 6.83. The number of hydrogen-bond acceptors (Lipinski definition) is 1. The van der Waals surface area contributed by atoms with Crippen LogP contribution >= 0.6 is 0 Å². The average molecular weight is 316 g/mol. The molecule has 2 unspecified atom stereocenters. The maximum Gasteiger partial charge on any atom is 0.114 e. The Bertz CT molecular complexity index is 796. The molecule has 0 amide bonds. The molecule has 24 heavy (non-hydrogen) atoms. The summed E-state index contributed by atoms with van der Waals surface area (Å²) in [4.78, 5) is 8.73. The van der Waals surface area contributed by atoms with Gasteiger partial charge in [0.2, 0.25) is 0 Å². The fourth-order valence-corrected chi connectivity index (χ4v) is 3.68. The van der Waals surface area contributed by atoms with Gasteiger partial charge < -0.3 is 4.98 Å². The molecule has 1 N–H and O–H groups in total. The number of rotatable bonds is 3. The zero-order valence-electron chi connectivity index (χ0n) is 14.2. The molecule has 0 spiro atoms. The van der Waals surface area contributed by atoms with Gasteiger partial charge in [0.15, 0.2) is 0 Å². The van der Waals surface area contributed by atoms with Crippen molar-refractivity contribution in [1.82, 2.24) is 9.97 Å². The summed E-state index contributed by atoms with van der Waals surface area (Å²) in [5.41, 5.74) is 5.03. The van der Waals surface area contributed by atoms with E-state index in [1.807, 2.05) is 0 Å². The first kappa shape index (κ1) is 15.2. The zero-order valence-corrected chi connectivity index (χ0v) is 14.2. The molecule has 2 atom stereocenters. The van der Waals surface area contributed by atoms with Crippen LogP contribution in [0, 0.1) is 0 Å². The maximum atomic E-state index is 5.04. The van der Waals surface area contributed by atoms with E-state index in [0.29, 0.717) is 11.8 Å². The number of allylic oxidation sites excluding steroid dienone is 12. The molecule has 1 aromatic rings. The summed E-state index contributed by atoms with van der Waals surface area (Å²) in [5.74, 6) is 1.85.